The van der Waals surface area contributed by atoms with E-state index >= 15 is 0 Å². The second-order valence-corrected chi connectivity index (χ2v) is 5.39. The van der Waals surface area contributed by atoms with Gasteiger partial charge in [0.2, 0.25) is 0 Å². The van der Waals surface area contributed by atoms with Gasteiger partial charge in [-0.3, -0.25) is 5.10 Å². The third kappa shape index (κ3) is 3.56. The van der Waals surface area contributed by atoms with Gasteiger partial charge in [0, 0.05) is 32.4 Å². The maximum atomic E-state index is 12.2. The number of hydrogen-bond acceptors (Lipinski definition) is 4. The molecular formula is C16H21N5O2. The lowest BCUT2D eigenvalue weighted by Gasteiger charge is -2.36. The first-order chi connectivity index (χ1) is 11.3. The summed E-state index contributed by atoms with van der Waals surface area (Å²) in [6, 6.07) is 9.77. The van der Waals surface area contributed by atoms with E-state index < -0.39 is 0 Å². The molecule has 2 heterocycles. The summed E-state index contributed by atoms with van der Waals surface area (Å²) < 4.78 is 5.41. The molecule has 0 unspecified atom stereocenters. The van der Waals surface area contributed by atoms with E-state index in [2.05, 4.69) is 20.4 Å². The van der Waals surface area contributed by atoms with Crippen LogP contribution in [-0.4, -0.2) is 54.4 Å². The van der Waals surface area contributed by atoms with Gasteiger partial charge >= 0.3 is 6.03 Å². The predicted octanol–water partition coefficient (Wildman–Crippen LogP) is 1.45. The Morgan fingerprint density at radius 3 is 2.74 bits per heavy atom. The fourth-order valence-electron chi connectivity index (χ4n) is 2.71. The molecular weight excluding hydrogens is 294 g/mol. The zero-order valence-electron chi connectivity index (χ0n) is 13.2. The second-order valence-electron chi connectivity index (χ2n) is 5.39. The van der Waals surface area contributed by atoms with Gasteiger partial charge in [0.15, 0.2) is 0 Å². The molecule has 0 radical (unpaired) electrons. The number of aromatic nitrogens is 2. The summed E-state index contributed by atoms with van der Waals surface area (Å²) in [5.74, 6) is 0.865. The van der Waals surface area contributed by atoms with Gasteiger partial charge in [-0.25, -0.2) is 4.79 Å². The number of urea groups is 1. The average molecular weight is 315 g/mol. The largest absolute Gasteiger partial charge is 0.495 e. The molecule has 1 aromatic heterocycles. The van der Waals surface area contributed by atoms with Gasteiger partial charge in [-0.1, -0.05) is 12.1 Å². The van der Waals surface area contributed by atoms with Crippen LogP contribution in [-0.2, 0) is 6.54 Å². The number of piperazine rings is 1. The first-order valence-corrected chi connectivity index (χ1v) is 7.67. The standard InChI is InChI=1S/C16H21N5O2/c1-23-15-5-3-2-4-14(15)20-8-10-21(11-9-20)16(22)17-12-13-6-7-18-19-13/h2-7H,8-12H2,1H3,(H,17,22)(H,18,19). The Balaban J connectivity index is 1.52. The van der Waals surface area contributed by atoms with Crippen molar-refractivity contribution < 1.29 is 9.53 Å². The molecule has 0 atom stereocenters. The lowest BCUT2D eigenvalue weighted by molar-refractivity contribution is 0.193. The molecule has 0 saturated carbocycles. The topological polar surface area (TPSA) is 73.5 Å². The summed E-state index contributed by atoms with van der Waals surface area (Å²) in [6.45, 7) is 3.42. The maximum Gasteiger partial charge on any atom is 0.317 e. The first-order valence-electron chi connectivity index (χ1n) is 7.67. The minimum Gasteiger partial charge on any atom is -0.495 e. The Morgan fingerprint density at radius 1 is 1.26 bits per heavy atom. The third-order valence-electron chi connectivity index (χ3n) is 3.98. The third-order valence-corrected chi connectivity index (χ3v) is 3.98. The van der Waals surface area contributed by atoms with Crippen LogP contribution in [0.1, 0.15) is 5.69 Å². The van der Waals surface area contributed by atoms with Crippen LogP contribution in [0.3, 0.4) is 0 Å². The predicted molar refractivity (Wildman–Crippen MR) is 87.6 cm³/mol. The van der Waals surface area contributed by atoms with Gasteiger partial charge < -0.3 is 19.9 Å². The van der Waals surface area contributed by atoms with Crippen molar-refractivity contribution in [2.24, 2.45) is 0 Å². The van der Waals surface area contributed by atoms with Gasteiger partial charge in [-0.15, -0.1) is 0 Å². The number of anilines is 1. The summed E-state index contributed by atoms with van der Waals surface area (Å²) in [6.07, 6.45) is 1.67. The van der Waals surface area contributed by atoms with E-state index in [1.165, 1.54) is 0 Å². The van der Waals surface area contributed by atoms with E-state index in [1.54, 1.807) is 13.3 Å². The number of para-hydroxylation sites is 2. The summed E-state index contributed by atoms with van der Waals surface area (Å²) in [4.78, 5) is 16.3. The molecule has 23 heavy (non-hydrogen) atoms. The van der Waals surface area contributed by atoms with Gasteiger partial charge in [-0.05, 0) is 18.2 Å². The highest BCUT2D eigenvalue weighted by molar-refractivity contribution is 5.74. The fraction of sp³-hybridized carbons (Fsp3) is 0.375. The number of hydrogen-bond donors (Lipinski definition) is 2. The molecule has 122 valence electrons. The van der Waals surface area contributed by atoms with Crippen molar-refractivity contribution in [3.8, 4) is 5.75 Å². The van der Waals surface area contributed by atoms with Crippen LogP contribution >= 0.6 is 0 Å². The van der Waals surface area contributed by atoms with Gasteiger partial charge in [0.25, 0.3) is 0 Å². The van der Waals surface area contributed by atoms with Crippen molar-refractivity contribution in [1.29, 1.82) is 0 Å². The van der Waals surface area contributed by atoms with Crippen LogP contribution in [0.25, 0.3) is 0 Å². The van der Waals surface area contributed by atoms with Crippen molar-refractivity contribution >= 4 is 11.7 Å². The van der Waals surface area contributed by atoms with Gasteiger partial charge in [-0.2, -0.15) is 5.10 Å². The Kier molecular flexibility index (Phi) is 4.65. The number of aromatic amines is 1. The van der Waals surface area contributed by atoms with Gasteiger partial charge in [0.1, 0.15) is 5.75 Å². The molecule has 1 aliphatic heterocycles. The molecule has 2 aromatic rings. The van der Waals surface area contributed by atoms with E-state index in [-0.39, 0.29) is 6.03 Å². The number of ether oxygens (including phenoxy) is 1. The number of H-pyrrole nitrogens is 1. The monoisotopic (exact) mass is 315 g/mol. The summed E-state index contributed by atoms with van der Waals surface area (Å²) >= 11 is 0. The Labute approximate surface area is 135 Å². The molecule has 1 aliphatic rings. The molecule has 0 aliphatic carbocycles. The van der Waals surface area contributed by atoms with Crippen LogP contribution in [0.15, 0.2) is 36.5 Å². The second kappa shape index (κ2) is 7.04. The van der Waals surface area contributed by atoms with E-state index in [9.17, 15) is 4.79 Å². The minimum atomic E-state index is -0.0423. The van der Waals surface area contributed by atoms with Crippen LogP contribution in [0.4, 0.5) is 10.5 Å². The number of nitrogens with one attached hydrogen (secondary N) is 2. The highest BCUT2D eigenvalue weighted by Crippen LogP contribution is 2.28. The minimum absolute atomic E-state index is 0.0423. The van der Waals surface area contributed by atoms with E-state index in [0.29, 0.717) is 19.6 Å². The molecule has 1 saturated heterocycles. The lowest BCUT2D eigenvalue weighted by atomic mass is 10.2. The van der Waals surface area contributed by atoms with E-state index in [1.807, 2.05) is 35.2 Å². The highest BCUT2D eigenvalue weighted by atomic mass is 16.5. The van der Waals surface area contributed by atoms with Crippen LogP contribution < -0.4 is 15.0 Å². The molecule has 2 N–H and O–H groups in total. The van der Waals surface area contributed by atoms with Crippen LogP contribution in [0.2, 0.25) is 0 Å². The number of carbonyl (C=O) groups excluding carboxylic acids is 1. The number of benzene rings is 1. The average Bonchev–Trinajstić information content (AvgIpc) is 3.13. The van der Waals surface area contributed by atoms with Gasteiger partial charge in [0.05, 0.1) is 25.0 Å². The highest BCUT2D eigenvalue weighted by Gasteiger charge is 2.22. The normalized spacial score (nSPS) is 14.7. The number of amides is 2. The molecule has 2 amide bonds. The fourth-order valence-corrected chi connectivity index (χ4v) is 2.71. The first kappa shape index (κ1) is 15.2. The molecule has 0 spiro atoms. The Bertz CT molecular complexity index is 636. The van der Waals surface area contributed by atoms with Crippen molar-refractivity contribution in [3.63, 3.8) is 0 Å². The maximum absolute atomic E-state index is 12.2. The Morgan fingerprint density at radius 2 is 2.04 bits per heavy atom. The van der Waals surface area contributed by atoms with Crippen molar-refractivity contribution in [3.05, 3.63) is 42.2 Å². The summed E-state index contributed by atoms with van der Waals surface area (Å²) in [5.41, 5.74) is 1.97. The number of nitrogens with zero attached hydrogens (tertiary/aromatic N) is 3. The number of carbonyl (C=O) groups is 1. The quantitative estimate of drug-likeness (QED) is 0.895. The molecule has 7 heteroatoms. The van der Waals surface area contributed by atoms with E-state index in [0.717, 1.165) is 30.2 Å². The molecule has 1 aromatic carbocycles. The lowest BCUT2D eigenvalue weighted by Crippen LogP contribution is -2.51. The van der Waals surface area contributed by atoms with E-state index in [4.69, 9.17) is 4.74 Å². The SMILES string of the molecule is COc1ccccc1N1CCN(C(=O)NCc2ccn[nH]2)CC1. The zero-order chi connectivity index (χ0) is 16.1. The van der Waals surface area contributed by atoms with Crippen molar-refractivity contribution in [2.45, 2.75) is 6.54 Å². The smallest absolute Gasteiger partial charge is 0.317 e. The molecule has 1 fully saturated rings. The van der Waals surface area contributed by atoms with Crippen molar-refractivity contribution in [2.75, 3.05) is 38.2 Å². The number of rotatable bonds is 4. The molecule has 3 rings (SSSR count). The van der Waals surface area contributed by atoms with Crippen molar-refractivity contribution in [1.82, 2.24) is 20.4 Å². The summed E-state index contributed by atoms with van der Waals surface area (Å²) in [7, 11) is 1.68. The number of methoxy groups -OCH3 is 1. The summed E-state index contributed by atoms with van der Waals surface area (Å²) in [5, 5.41) is 9.60. The van der Waals surface area contributed by atoms with Crippen LogP contribution in [0.5, 0.6) is 5.75 Å². The molecule has 7 nitrogen and oxygen atoms in total. The Hall–Kier alpha value is -2.70. The zero-order valence-corrected chi connectivity index (χ0v) is 13.2. The molecule has 0 bridgehead atoms. The van der Waals surface area contributed by atoms with Crippen LogP contribution in [0, 0.1) is 0 Å².